The minimum absolute atomic E-state index is 0.162. The quantitative estimate of drug-likeness (QED) is 0.894. The largest absolute Gasteiger partial charge is 0.495 e. The van der Waals surface area contributed by atoms with E-state index >= 15 is 0 Å². The summed E-state index contributed by atoms with van der Waals surface area (Å²) >= 11 is 0. The number of amides is 1. The predicted octanol–water partition coefficient (Wildman–Crippen LogP) is 1.67. The molecule has 1 N–H and O–H groups in total. The number of nitrogens with one attached hydrogen (secondary N) is 1. The normalized spacial score (nSPS) is 14.6. The second kappa shape index (κ2) is 7.65. The molecule has 112 valence electrons. The number of benzene rings is 1. The van der Waals surface area contributed by atoms with Crippen molar-refractivity contribution in [2.24, 2.45) is 0 Å². The average molecular weight is 287 g/mol. The van der Waals surface area contributed by atoms with Gasteiger partial charge in [-0.3, -0.25) is 4.79 Å². The van der Waals surface area contributed by atoms with Gasteiger partial charge in [0.1, 0.15) is 11.8 Å². The molecule has 1 fully saturated rings. The summed E-state index contributed by atoms with van der Waals surface area (Å²) in [7, 11) is 1.55. The summed E-state index contributed by atoms with van der Waals surface area (Å²) in [6.45, 7) is 2.69. The van der Waals surface area contributed by atoms with Gasteiger partial charge >= 0.3 is 0 Å². The summed E-state index contributed by atoms with van der Waals surface area (Å²) in [4.78, 5) is 13.9. The van der Waals surface area contributed by atoms with Crippen molar-refractivity contribution in [2.45, 2.75) is 25.8 Å². The van der Waals surface area contributed by atoms with Crippen LogP contribution in [0.1, 0.15) is 30.4 Å². The number of carbonyl (C=O) groups is 1. The zero-order valence-electron chi connectivity index (χ0n) is 12.4. The molecule has 2 rings (SSSR count). The molecule has 1 heterocycles. The number of ether oxygens (including phenoxy) is 1. The van der Waals surface area contributed by atoms with Gasteiger partial charge in [0.2, 0.25) is 5.91 Å². The Labute approximate surface area is 125 Å². The van der Waals surface area contributed by atoms with Crippen molar-refractivity contribution < 1.29 is 9.53 Å². The maximum absolute atomic E-state index is 12.0. The molecular formula is C16H21N3O2. The predicted molar refractivity (Wildman–Crippen MR) is 79.8 cm³/mol. The van der Waals surface area contributed by atoms with Crippen LogP contribution in [0.25, 0.3) is 0 Å². The molecule has 1 aliphatic heterocycles. The van der Waals surface area contributed by atoms with Gasteiger partial charge < -0.3 is 15.0 Å². The van der Waals surface area contributed by atoms with E-state index in [1.165, 1.54) is 6.42 Å². The van der Waals surface area contributed by atoms with Crippen molar-refractivity contribution in [3.63, 3.8) is 0 Å². The van der Waals surface area contributed by atoms with E-state index in [2.05, 4.69) is 11.4 Å². The lowest BCUT2D eigenvalue weighted by molar-refractivity contribution is -0.131. The van der Waals surface area contributed by atoms with Crippen LogP contribution in [0.3, 0.4) is 0 Å². The summed E-state index contributed by atoms with van der Waals surface area (Å²) in [6.07, 6.45) is 3.44. The molecule has 21 heavy (non-hydrogen) atoms. The third-order valence-corrected chi connectivity index (χ3v) is 3.70. The van der Waals surface area contributed by atoms with Crippen LogP contribution in [0.4, 0.5) is 0 Å². The van der Waals surface area contributed by atoms with E-state index in [1.54, 1.807) is 13.2 Å². The molecule has 1 saturated heterocycles. The van der Waals surface area contributed by atoms with E-state index < -0.39 is 0 Å². The van der Waals surface area contributed by atoms with E-state index in [0.29, 0.717) is 24.4 Å². The van der Waals surface area contributed by atoms with E-state index in [1.807, 2.05) is 17.0 Å². The monoisotopic (exact) mass is 287 g/mol. The standard InChI is InChI=1S/C16H21N3O2/c1-21-15-9-13(5-6-14(15)10-17)11-18-12-16(20)19-7-3-2-4-8-19/h5-6,9,18H,2-4,7-8,11-12H2,1H3. The van der Waals surface area contributed by atoms with Gasteiger partial charge in [-0.15, -0.1) is 0 Å². The third kappa shape index (κ3) is 4.20. The van der Waals surface area contributed by atoms with E-state index in [0.717, 1.165) is 31.5 Å². The second-order valence-corrected chi connectivity index (χ2v) is 5.19. The fourth-order valence-corrected chi connectivity index (χ4v) is 2.51. The van der Waals surface area contributed by atoms with Crippen molar-refractivity contribution in [2.75, 3.05) is 26.7 Å². The number of carbonyl (C=O) groups excluding carboxylic acids is 1. The van der Waals surface area contributed by atoms with Crippen molar-refractivity contribution in [1.82, 2.24) is 10.2 Å². The molecule has 0 unspecified atom stereocenters. The molecule has 0 bridgehead atoms. The topological polar surface area (TPSA) is 65.4 Å². The summed E-state index contributed by atoms with van der Waals surface area (Å²) < 4.78 is 5.17. The van der Waals surface area contributed by atoms with Crippen molar-refractivity contribution in [3.8, 4) is 11.8 Å². The van der Waals surface area contributed by atoms with Crippen LogP contribution in [0.2, 0.25) is 0 Å². The summed E-state index contributed by atoms with van der Waals surface area (Å²) in [6, 6.07) is 7.53. The zero-order valence-corrected chi connectivity index (χ0v) is 12.4. The molecule has 0 spiro atoms. The molecule has 5 heteroatoms. The molecule has 0 saturated carbocycles. The number of hydrogen-bond donors (Lipinski definition) is 1. The van der Waals surface area contributed by atoms with Crippen molar-refractivity contribution >= 4 is 5.91 Å². The van der Waals surface area contributed by atoms with Gasteiger partial charge in [0, 0.05) is 19.6 Å². The van der Waals surface area contributed by atoms with Crippen LogP contribution in [0.15, 0.2) is 18.2 Å². The number of methoxy groups -OCH3 is 1. The highest BCUT2D eigenvalue weighted by Gasteiger charge is 2.15. The first-order valence-corrected chi connectivity index (χ1v) is 7.30. The Morgan fingerprint density at radius 2 is 2.14 bits per heavy atom. The first-order chi connectivity index (χ1) is 10.2. The van der Waals surface area contributed by atoms with Gasteiger partial charge in [-0.2, -0.15) is 5.26 Å². The average Bonchev–Trinajstić information content (AvgIpc) is 2.55. The lowest BCUT2D eigenvalue weighted by Crippen LogP contribution is -2.40. The first-order valence-electron chi connectivity index (χ1n) is 7.30. The first kappa shape index (κ1) is 15.3. The maximum atomic E-state index is 12.0. The fraction of sp³-hybridized carbons (Fsp3) is 0.500. The number of likely N-dealkylation sites (tertiary alicyclic amines) is 1. The van der Waals surface area contributed by atoms with Gasteiger partial charge in [0.15, 0.2) is 0 Å². The molecular weight excluding hydrogens is 266 g/mol. The van der Waals surface area contributed by atoms with Crippen LogP contribution < -0.4 is 10.1 Å². The van der Waals surface area contributed by atoms with E-state index in [4.69, 9.17) is 10.00 Å². The van der Waals surface area contributed by atoms with E-state index in [-0.39, 0.29) is 5.91 Å². The number of nitriles is 1. The lowest BCUT2D eigenvalue weighted by atomic mass is 10.1. The fourth-order valence-electron chi connectivity index (χ4n) is 2.51. The van der Waals surface area contributed by atoms with Gasteiger partial charge in [-0.1, -0.05) is 6.07 Å². The van der Waals surface area contributed by atoms with Crippen molar-refractivity contribution in [1.29, 1.82) is 5.26 Å². The Bertz CT molecular complexity index is 531. The highest BCUT2D eigenvalue weighted by molar-refractivity contribution is 5.78. The van der Waals surface area contributed by atoms with Crippen LogP contribution in [0, 0.1) is 11.3 Å². The lowest BCUT2D eigenvalue weighted by Gasteiger charge is -2.26. The van der Waals surface area contributed by atoms with Crippen LogP contribution in [-0.2, 0) is 11.3 Å². The molecule has 1 aliphatic rings. The maximum Gasteiger partial charge on any atom is 0.236 e. The Morgan fingerprint density at radius 3 is 2.81 bits per heavy atom. The van der Waals surface area contributed by atoms with Gasteiger partial charge in [0.25, 0.3) is 0 Å². The van der Waals surface area contributed by atoms with E-state index in [9.17, 15) is 4.79 Å². The van der Waals surface area contributed by atoms with Crippen LogP contribution in [0.5, 0.6) is 5.75 Å². The molecule has 5 nitrogen and oxygen atoms in total. The highest BCUT2D eigenvalue weighted by atomic mass is 16.5. The Kier molecular flexibility index (Phi) is 5.59. The SMILES string of the molecule is COc1cc(CNCC(=O)N2CCCCC2)ccc1C#N. The summed E-state index contributed by atoms with van der Waals surface area (Å²) in [5, 5.41) is 12.1. The van der Waals surface area contributed by atoms with Gasteiger partial charge in [-0.05, 0) is 37.0 Å². The molecule has 1 amide bonds. The molecule has 1 aromatic rings. The molecule has 0 atom stereocenters. The molecule has 0 aliphatic carbocycles. The second-order valence-electron chi connectivity index (χ2n) is 5.19. The number of rotatable bonds is 5. The Hall–Kier alpha value is -2.06. The zero-order chi connectivity index (χ0) is 15.1. The highest BCUT2D eigenvalue weighted by Crippen LogP contribution is 2.19. The Morgan fingerprint density at radius 1 is 1.38 bits per heavy atom. The minimum atomic E-state index is 0.162. The third-order valence-electron chi connectivity index (χ3n) is 3.70. The van der Waals surface area contributed by atoms with Crippen LogP contribution in [-0.4, -0.2) is 37.6 Å². The van der Waals surface area contributed by atoms with Gasteiger partial charge in [-0.25, -0.2) is 0 Å². The Balaban J connectivity index is 1.83. The van der Waals surface area contributed by atoms with Crippen molar-refractivity contribution in [3.05, 3.63) is 29.3 Å². The smallest absolute Gasteiger partial charge is 0.236 e. The summed E-state index contributed by atoms with van der Waals surface area (Å²) in [5.41, 5.74) is 1.52. The number of hydrogen-bond acceptors (Lipinski definition) is 4. The molecule has 1 aromatic carbocycles. The van der Waals surface area contributed by atoms with Crippen LogP contribution >= 0.6 is 0 Å². The summed E-state index contributed by atoms with van der Waals surface area (Å²) in [5.74, 6) is 0.731. The molecule has 0 aromatic heterocycles. The molecule has 0 radical (unpaired) electrons. The van der Waals surface area contributed by atoms with Gasteiger partial charge in [0.05, 0.1) is 19.2 Å². The minimum Gasteiger partial charge on any atom is -0.495 e. The number of nitrogens with zero attached hydrogens (tertiary/aromatic N) is 2. The number of piperidine rings is 1.